The average Bonchev–Trinajstić information content (AvgIpc) is 3.16. The standard InChI is InChI=1S/C23H22F2N2O2S/c1-17-26-20(16-30-17)15-29-21-10-7-18(8-11-21)9-12-23(28)27(14-22(24)25)13-19-5-3-2-4-6-19/h2-12,16,22H,13-15H2,1H3/b12-9+. The summed E-state index contributed by atoms with van der Waals surface area (Å²) in [5, 5.41) is 2.95. The number of hydrogen-bond donors (Lipinski definition) is 0. The zero-order valence-corrected chi connectivity index (χ0v) is 17.3. The lowest BCUT2D eigenvalue weighted by Crippen LogP contribution is -2.33. The highest BCUT2D eigenvalue weighted by molar-refractivity contribution is 7.09. The molecule has 4 nitrogen and oxygen atoms in total. The third kappa shape index (κ3) is 6.77. The predicted molar refractivity (Wildman–Crippen MR) is 115 cm³/mol. The number of thiazole rings is 1. The van der Waals surface area contributed by atoms with Gasteiger partial charge in [-0.2, -0.15) is 0 Å². The van der Waals surface area contributed by atoms with E-state index in [1.807, 2.05) is 30.5 Å². The fraction of sp³-hybridized carbons (Fsp3) is 0.217. The van der Waals surface area contributed by atoms with Crippen LogP contribution in [0.2, 0.25) is 0 Å². The van der Waals surface area contributed by atoms with E-state index in [9.17, 15) is 13.6 Å². The molecular weight excluding hydrogens is 406 g/mol. The van der Waals surface area contributed by atoms with Crippen LogP contribution in [-0.4, -0.2) is 28.8 Å². The minimum absolute atomic E-state index is 0.136. The zero-order valence-electron chi connectivity index (χ0n) is 16.5. The molecule has 2 aromatic carbocycles. The molecule has 30 heavy (non-hydrogen) atoms. The fourth-order valence-electron chi connectivity index (χ4n) is 2.78. The summed E-state index contributed by atoms with van der Waals surface area (Å²) in [4.78, 5) is 17.9. The van der Waals surface area contributed by atoms with Crippen molar-refractivity contribution in [3.63, 3.8) is 0 Å². The van der Waals surface area contributed by atoms with Gasteiger partial charge in [0.15, 0.2) is 0 Å². The SMILES string of the molecule is Cc1nc(COc2ccc(/C=C/C(=O)N(Cc3ccccc3)CC(F)F)cc2)cs1. The Morgan fingerprint density at radius 1 is 1.17 bits per heavy atom. The van der Waals surface area contributed by atoms with Gasteiger partial charge in [-0.15, -0.1) is 11.3 Å². The Morgan fingerprint density at radius 3 is 2.53 bits per heavy atom. The molecule has 0 saturated carbocycles. The van der Waals surface area contributed by atoms with Crippen LogP contribution in [0.3, 0.4) is 0 Å². The normalized spacial score (nSPS) is 11.2. The molecule has 1 aromatic heterocycles. The first-order chi connectivity index (χ1) is 14.5. The van der Waals surface area contributed by atoms with Crippen LogP contribution in [-0.2, 0) is 17.9 Å². The number of hydrogen-bond acceptors (Lipinski definition) is 4. The highest BCUT2D eigenvalue weighted by atomic mass is 32.1. The Kier molecular flexibility index (Phi) is 7.68. The molecule has 0 aliphatic rings. The molecule has 3 aromatic rings. The summed E-state index contributed by atoms with van der Waals surface area (Å²) in [7, 11) is 0. The molecule has 0 aliphatic carbocycles. The van der Waals surface area contributed by atoms with Gasteiger partial charge in [0.1, 0.15) is 12.4 Å². The van der Waals surface area contributed by atoms with Crippen molar-refractivity contribution in [2.45, 2.75) is 26.5 Å². The van der Waals surface area contributed by atoms with Gasteiger partial charge in [-0.1, -0.05) is 42.5 Å². The number of benzene rings is 2. The number of aryl methyl sites for hydroxylation is 1. The van der Waals surface area contributed by atoms with E-state index >= 15 is 0 Å². The summed E-state index contributed by atoms with van der Waals surface area (Å²) in [5.74, 6) is 0.228. The summed E-state index contributed by atoms with van der Waals surface area (Å²) >= 11 is 1.57. The van der Waals surface area contributed by atoms with Crippen LogP contribution in [0.15, 0.2) is 66.1 Å². The van der Waals surface area contributed by atoms with Crippen LogP contribution >= 0.6 is 11.3 Å². The average molecular weight is 429 g/mol. The van der Waals surface area contributed by atoms with Gasteiger partial charge in [-0.3, -0.25) is 4.79 Å². The molecule has 156 valence electrons. The highest BCUT2D eigenvalue weighted by Gasteiger charge is 2.16. The van der Waals surface area contributed by atoms with Gasteiger partial charge in [-0.05, 0) is 36.3 Å². The largest absolute Gasteiger partial charge is 0.487 e. The number of rotatable bonds is 9. The molecular formula is C23H22F2N2O2S. The molecule has 0 saturated heterocycles. The quantitative estimate of drug-likeness (QED) is 0.432. The zero-order chi connectivity index (χ0) is 21.3. The first-order valence-electron chi connectivity index (χ1n) is 9.42. The number of nitrogens with zero attached hydrogens (tertiary/aromatic N) is 2. The Bertz CT molecular complexity index is 972. The molecule has 7 heteroatoms. The monoisotopic (exact) mass is 428 g/mol. The van der Waals surface area contributed by atoms with Crippen LogP contribution < -0.4 is 4.74 Å². The Labute approximate surface area is 178 Å². The molecule has 0 fully saturated rings. The molecule has 1 amide bonds. The highest BCUT2D eigenvalue weighted by Crippen LogP contribution is 2.16. The van der Waals surface area contributed by atoms with Crippen molar-refractivity contribution >= 4 is 23.3 Å². The predicted octanol–water partition coefficient (Wildman–Crippen LogP) is 5.34. The van der Waals surface area contributed by atoms with E-state index in [2.05, 4.69) is 4.98 Å². The number of carbonyl (C=O) groups excluding carboxylic acids is 1. The molecule has 0 aliphatic heterocycles. The first kappa shape index (κ1) is 21.6. The van der Waals surface area contributed by atoms with E-state index in [0.717, 1.165) is 26.7 Å². The maximum Gasteiger partial charge on any atom is 0.255 e. The molecule has 3 rings (SSSR count). The van der Waals surface area contributed by atoms with Gasteiger partial charge < -0.3 is 9.64 Å². The van der Waals surface area contributed by atoms with Gasteiger partial charge in [0, 0.05) is 18.0 Å². The van der Waals surface area contributed by atoms with E-state index in [-0.39, 0.29) is 6.54 Å². The molecule has 0 unspecified atom stereocenters. The lowest BCUT2D eigenvalue weighted by molar-refractivity contribution is -0.128. The topological polar surface area (TPSA) is 42.4 Å². The van der Waals surface area contributed by atoms with E-state index in [1.54, 1.807) is 53.8 Å². The van der Waals surface area contributed by atoms with Crippen LogP contribution in [0.4, 0.5) is 8.78 Å². The third-order valence-corrected chi connectivity index (χ3v) is 5.06. The fourth-order valence-corrected chi connectivity index (χ4v) is 3.38. The molecule has 1 heterocycles. The number of halogens is 2. The minimum atomic E-state index is -2.59. The lowest BCUT2D eigenvalue weighted by Gasteiger charge is -2.21. The van der Waals surface area contributed by atoms with Crippen LogP contribution in [0.1, 0.15) is 21.8 Å². The van der Waals surface area contributed by atoms with E-state index in [0.29, 0.717) is 12.4 Å². The van der Waals surface area contributed by atoms with E-state index in [1.165, 1.54) is 6.08 Å². The van der Waals surface area contributed by atoms with Gasteiger partial charge in [0.2, 0.25) is 5.91 Å². The molecule has 0 N–H and O–H groups in total. The second-order valence-corrected chi connectivity index (χ2v) is 7.71. The summed E-state index contributed by atoms with van der Waals surface area (Å²) < 4.78 is 31.5. The Morgan fingerprint density at radius 2 is 1.90 bits per heavy atom. The van der Waals surface area contributed by atoms with Crippen molar-refractivity contribution in [3.05, 3.63) is 87.9 Å². The number of amides is 1. The molecule has 0 spiro atoms. The molecule has 0 atom stereocenters. The van der Waals surface area contributed by atoms with Crippen LogP contribution in [0, 0.1) is 6.92 Å². The number of carbonyl (C=O) groups is 1. The molecule has 0 radical (unpaired) electrons. The maximum atomic E-state index is 12.9. The Hall–Kier alpha value is -3.06. The maximum absolute atomic E-state index is 12.9. The first-order valence-corrected chi connectivity index (χ1v) is 10.3. The number of ether oxygens (including phenoxy) is 1. The second kappa shape index (κ2) is 10.6. The van der Waals surface area contributed by atoms with Crippen molar-refractivity contribution in [2.24, 2.45) is 0 Å². The van der Waals surface area contributed by atoms with E-state index < -0.39 is 18.9 Å². The van der Waals surface area contributed by atoms with Crippen molar-refractivity contribution < 1.29 is 18.3 Å². The van der Waals surface area contributed by atoms with E-state index in [4.69, 9.17) is 4.74 Å². The summed E-state index contributed by atoms with van der Waals surface area (Å²) in [6.07, 6.45) is 0.336. The van der Waals surface area contributed by atoms with Gasteiger partial charge in [0.05, 0.1) is 17.2 Å². The van der Waals surface area contributed by atoms with Gasteiger partial charge in [0.25, 0.3) is 6.43 Å². The molecule has 0 bridgehead atoms. The van der Waals surface area contributed by atoms with Crippen molar-refractivity contribution in [2.75, 3.05) is 6.54 Å². The lowest BCUT2D eigenvalue weighted by atomic mass is 10.2. The smallest absolute Gasteiger partial charge is 0.255 e. The van der Waals surface area contributed by atoms with Crippen molar-refractivity contribution in [1.82, 2.24) is 9.88 Å². The van der Waals surface area contributed by atoms with Crippen molar-refractivity contribution in [3.8, 4) is 5.75 Å². The number of aromatic nitrogens is 1. The van der Waals surface area contributed by atoms with Crippen LogP contribution in [0.25, 0.3) is 6.08 Å². The second-order valence-electron chi connectivity index (χ2n) is 6.64. The third-order valence-electron chi connectivity index (χ3n) is 4.24. The van der Waals surface area contributed by atoms with Crippen LogP contribution in [0.5, 0.6) is 5.75 Å². The van der Waals surface area contributed by atoms with Crippen molar-refractivity contribution in [1.29, 1.82) is 0 Å². The van der Waals surface area contributed by atoms with Gasteiger partial charge >= 0.3 is 0 Å². The number of alkyl halides is 2. The Balaban J connectivity index is 1.58. The summed E-state index contributed by atoms with van der Waals surface area (Å²) in [6.45, 7) is 1.86. The minimum Gasteiger partial charge on any atom is -0.487 e. The van der Waals surface area contributed by atoms with Gasteiger partial charge in [-0.25, -0.2) is 13.8 Å². The summed E-state index contributed by atoms with van der Waals surface area (Å²) in [5.41, 5.74) is 2.46. The summed E-state index contributed by atoms with van der Waals surface area (Å²) in [6, 6.07) is 16.3.